The van der Waals surface area contributed by atoms with Crippen molar-refractivity contribution >= 4 is 23.6 Å². The number of rotatable bonds is 4. The second kappa shape index (κ2) is 5.98. The molecule has 0 radical (unpaired) electrons. The zero-order chi connectivity index (χ0) is 15.8. The Bertz CT molecular complexity index is 470. The molecule has 2 unspecified atom stereocenters. The van der Waals surface area contributed by atoms with Crippen molar-refractivity contribution in [2.24, 2.45) is 0 Å². The van der Waals surface area contributed by atoms with Gasteiger partial charge in [-0.25, -0.2) is 4.79 Å². The van der Waals surface area contributed by atoms with Crippen LogP contribution in [0.15, 0.2) is 11.0 Å². The molecule has 2 aliphatic heterocycles. The smallest absolute Gasteiger partial charge is 0.333 e. The highest BCUT2D eigenvalue weighted by molar-refractivity contribution is 8.02. The summed E-state index contributed by atoms with van der Waals surface area (Å²) < 4.78 is 15.7. The SMILES string of the molecule is COCC1=CSC2[C@H](OC)C(=O)N2C1C(=O)OC(C)(C)C. The van der Waals surface area contributed by atoms with Crippen molar-refractivity contribution in [3.63, 3.8) is 0 Å². The van der Waals surface area contributed by atoms with E-state index in [1.165, 1.54) is 23.8 Å². The van der Waals surface area contributed by atoms with E-state index in [4.69, 9.17) is 14.2 Å². The van der Waals surface area contributed by atoms with Gasteiger partial charge < -0.3 is 19.1 Å². The van der Waals surface area contributed by atoms with Crippen molar-refractivity contribution in [2.75, 3.05) is 20.8 Å². The van der Waals surface area contributed by atoms with Gasteiger partial charge >= 0.3 is 5.97 Å². The van der Waals surface area contributed by atoms with Gasteiger partial charge in [0, 0.05) is 14.2 Å². The molecule has 3 atom stereocenters. The fourth-order valence-electron chi connectivity index (χ4n) is 2.39. The first-order chi connectivity index (χ1) is 9.80. The van der Waals surface area contributed by atoms with Gasteiger partial charge in [0.2, 0.25) is 0 Å². The lowest BCUT2D eigenvalue weighted by atomic mass is 9.99. The van der Waals surface area contributed by atoms with Crippen LogP contribution in [0.5, 0.6) is 0 Å². The minimum absolute atomic E-state index is 0.180. The molecular weight excluding hydrogens is 294 g/mol. The van der Waals surface area contributed by atoms with E-state index in [-0.39, 0.29) is 17.9 Å². The van der Waals surface area contributed by atoms with Gasteiger partial charge in [-0.3, -0.25) is 4.79 Å². The highest BCUT2D eigenvalue weighted by Gasteiger charge is 2.56. The third kappa shape index (κ3) is 3.09. The Morgan fingerprint density at radius 3 is 2.57 bits per heavy atom. The number of esters is 1. The predicted octanol–water partition coefficient (Wildman–Crippen LogP) is 1.16. The molecule has 1 fully saturated rings. The average molecular weight is 315 g/mol. The molecule has 1 saturated heterocycles. The number of thioether (sulfide) groups is 1. The first-order valence-corrected chi connectivity index (χ1v) is 7.65. The number of β-lactam (4-membered cyclic amide) rings is 1. The Balaban J connectivity index is 2.25. The lowest BCUT2D eigenvalue weighted by molar-refractivity contribution is -0.178. The van der Waals surface area contributed by atoms with Crippen molar-refractivity contribution in [3.8, 4) is 0 Å². The molecule has 0 saturated carbocycles. The molecule has 21 heavy (non-hydrogen) atoms. The molecule has 118 valence electrons. The molecule has 7 heteroatoms. The number of nitrogens with zero attached hydrogens (tertiary/aromatic N) is 1. The van der Waals surface area contributed by atoms with Crippen LogP contribution in [0.2, 0.25) is 0 Å². The minimum Gasteiger partial charge on any atom is -0.458 e. The Labute approximate surface area is 128 Å². The summed E-state index contributed by atoms with van der Waals surface area (Å²) in [6.07, 6.45) is -0.500. The second-order valence-electron chi connectivity index (χ2n) is 5.99. The van der Waals surface area contributed by atoms with Crippen LogP contribution < -0.4 is 0 Å². The highest BCUT2D eigenvalue weighted by Crippen LogP contribution is 2.41. The molecule has 6 nitrogen and oxygen atoms in total. The van der Waals surface area contributed by atoms with Crippen molar-refractivity contribution in [2.45, 2.75) is 43.9 Å². The summed E-state index contributed by atoms with van der Waals surface area (Å²) in [5.41, 5.74) is 0.125. The molecule has 0 bridgehead atoms. The zero-order valence-electron chi connectivity index (χ0n) is 12.9. The summed E-state index contributed by atoms with van der Waals surface area (Å²) in [4.78, 5) is 26.2. The normalized spacial score (nSPS) is 28.6. The molecular formula is C14H21NO5S. The van der Waals surface area contributed by atoms with Gasteiger partial charge in [0.15, 0.2) is 12.1 Å². The fourth-order valence-corrected chi connectivity index (χ4v) is 3.63. The van der Waals surface area contributed by atoms with Gasteiger partial charge in [-0.1, -0.05) is 0 Å². The third-order valence-electron chi connectivity index (χ3n) is 3.21. The summed E-state index contributed by atoms with van der Waals surface area (Å²) >= 11 is 1.47. The van der Waals surface area contributed by atoms with Crippen LogP contribution >= 0.6 is 11.8 Å². The lowest BCUT2D eigenvalue weighted by Gasteiger charge is -2.51. The number of methoxy groups -OCH3 is 2. The van der Waals surface area contributed by atoms with Gasteiger partial charge in [0.25, 0.3) is 5.91 Å². The van der Waals surface area contributed by atoms with Crippen molar-refractivity contribution in [1.82, 2.24) is 4.90 Å². The Kier molecular flexibility index (Phi) is 4.65. The van der Waals surface area contributed by atoms with E-state index in [9.17, 15) is 9.59 Å². The van der Waals surface area contributed by atoms with Crippen LogP contribution in [0.25, 0.3) is 0 Å². The van der Waals surface area contributed by atoms with E-state index in [0.29, 0.717) is 0 Å². The number of carbonyl (C=O) groups is 2. The van der Waals surface area contributed by atoms with Crippen LogP contribution in [0.1, 0.15) is 20.8 Å². The minimum atomic E-state index is -0.727. The number of hydrogen-bond donors (Lipinski definition) is 0. The average Bonchev–Trinajstić information content (AvgIpc) is 2.37. The number of hydrogen-bond acceptors (Lipinski definition) is 6. The van der Waals surface area contributed by atoms with E-state index in [1.807, 2.05) is 5.41 Å². The van der Waals surface area contributed by atoms with Gasteiger partial charge in [-0.05, 0) is 31.8 Å². The molecule has 0 aromatic carbocycles. The largest absolute Gasteiger partial charge is 0.458 e. The summed E-state index contributed by atoms with van der Waals surface area (Å²) in [7, 11) is 3.05. The van der Waals surface area contributed by atoms with Gasteiger partial charge in [-0.2, -0.15) is 0 Å². The quantitative estimate of drug-likeness (QED) is 0.573. The van der Waals surface area contributed by atoms with Crippen molar-refractivity contribution in [1.29, 1.82) is 0 Å². The zero-order valence-corrected chi connectivity index (χ0v) is 13.7. The van der Waals surface area contributed by atoms with Gasteiger partial charge in [0.05, 0.1) is 6.61 Å². The summed E-state index contributed by atoms with van der Waals surface area (Å²) in [6.45, 7) is 5.69. The van der Waals surface area contributed by atoms with Crippen LogP contribution in [-0.2, 0) is 23.8 Å². The van der Waals surface area contributed by atoms with E-state index in [0.717, 1.165) is 5.57 Å². The third-order valence-corrected chi connectivity index (χ3v) is 4.41. The topological polar surface area (TPSA) is 65.1 Å². The number of carbonyl (C=O) groups excluding carboxylic acids is 2. The van der Waals surface area contributed by atoms with Crippen molar-refractivity contribution in [3.05, 3.63) is 11.0 Å². The predicted molar refractivity (Wildman–Crippen MR) is 78.6 cm³/mol. The first kappa shape index (κ1) is 16.3. The molecule has 2 aliphatic rings. The van der Waals surface area contributed by atoms with Crippen molar-refractivity contribution < 1.29 is 23.8 Å². The molecule has 2 heterocycles. The Hall–Kier alpha value is -1.05. The fraction of sp³-hybridized carbons (Fsp3) is 0.714. The molecule has 0 aromatic rings. The standard InChI is InChI=1S/C14H21NO5S/c1-14(2,3)20-13(17)9-8(6-18-4)7-21-12-10(19-5)11(16)15(9)12/h7,9-10,12H,6H2,1-5H3/t9?,10-,12?/m1/s1. The molecule has 0 N–H and O–H groups in total. The van der Waals surface area contributed by atoms with Gasteiger partial charge in [0.1, 0.15) is 11.0 Å². The second-order valence-corrected chi connectivity index (χ2v) is 6.98. The van der Waals surface area contributed by atoms with Crippen LogP contribution in [-0.4, -0.2) is 60.7 Å². The lowest BCUT2D eigenvalue weighted by Crippen LogP contribution is -2.70. The first-order valence-electron chi connectivity index (χ1n) is 6.71. The summed E-state index contributed by atoms with van der Waals surface area (Å²) in [5, 5.41) is 1.69. The highest BCUT2D eigenvalue weighted by atomic mass is 32.2. The summed E-state index contributed by atoms with van der Waals surface area (Å²) in [5.74, 6) is -0.619. The van der Waals surface area contributed by atoms with E-state index in [1.54, 1.807) is 27.9 Å². The maximum Gasteiger partial charge on any atom is 0.333 e. The van der Waals surface area contributed by atoms with Crippen LogP contribution in [0.4, 0.5) is 0 Å². The number of ether oxygens (including phenoxy) is 3. The van der Waals surface area contributed by atoms with Crippen LogP contribution in [0.3, 0.4) is 0 Å². The summed E-state index contributed by atoms with van der Waals surface area (Å²) in [6, 6.07) is -0.727. The molecule has 0 aromatic heterocycles. The molecule has 1 amide bonds. The maximum absolute atomic E-state index is 12.5. The van der Waals surface area contributed by atoms with E-state index >= 15 is 0 Å². The Morgan fingerprint density at radius 1 is 1.38 bits per heavy atom. The molecule has 0 aliphatic carbocycles. The van der Waals surface area contributed by atoms with E-state index < -0.39 is 23.7 Å². The number of fused-ring (bicyclic) bond motifs is 1. The van der Waals surface area contributed by atoms with Crippen LogP contribution in [0, 0.1) is 0 Å². The maximum atomic E-state index is 12.5. The molecule has 0 spiro atoms. The van der Waals surface area contributed by atoms with Gasteiger partial charge in [-0.15, -0.1) is 11.8 Å². The molecule has 2 rings (SSSR count). The number of amides is 1. The van der Waals surface area contributed by atoms with E-state index in [2.05, 4.69) is 0 Å². The monoisotopic (exact) mass is 315 g/mol. The Morgan fingerprint density at radius 2 is 2.05 bits per heavy atom.